The maximum absolute atomic E-state index is 9.27. The number of phenols is 1. The number of aromatic nitrogens is 2. The first-order valence-electron chi connectivity index (χ1n) is 5.05. The normalized spacial score (nSPS) is 11.2. The van der Waals surface area contributed by atoms with Gasteiger partial charge in [-0.25, -0.2) is 0 Å². The van der Waals surface area contributed by atoms with Crippen LogP contribution in [0.25, 0.3) is 22.5 Å². The lowest BCUT2D eigenvalue weighted by atomic mass is 10.1. The third-order valence-corrected chi connectivity index (χ3v) is 3.10. The summed E-state index contributed by atoms with van der Waals surface area (Å²) < 4.78 is 7.11. The first-order chi connectivity index (χ1) is 8.18. The van der Waals surface area contributed by atoms with E-state index in [2.05, 4.69) is 4.98 Å². The van der Waals surface area contributed by atoms with Gasteiger partial charge in [0.1, 0.15) is 10.8 Å². The van der Waals surface area contributed by atoms with E-state index < -0.39 is 0 Å². The summed E-state index contributed by atoms with van der Waals surface area (Å²) in [5.74, 6) is 0.223. The zero-order valence-corrected chi connectivity index (χ0v) is 9.77. The minimum absolute atomic E-state index is 0.223. The van der Waals surface area contributed by atoms with Gasteiger partial charge in [-0.3, -0.25) is 0 Å². The summed E-state index contributed by atoms with van der Waals surface area (Å²) in [5.41, 5.74) is 3.02. The van der Waals surface area contributed by atoms with E-state index in [4.69, 9.17) is 16.0 Å². The Bertz CT molecular complexity index is 648. The van der Waals surface area contributed by atoms with Gasteiger partial charge in [0.2, 0.25) is 0 Å². The van der Waals surface area contributed by atoms with Gasteiger partial charge in [0.15, 0.2) is 17.6 Å². The number of aromatic hydroxyl groups is 1. The van der Waals surface area contributed by atoms with E-state index in [1.165, 1.54) is 6.39 Å². The molecule has 3 rings (SSSR count). The predicted molar refractivity (Wildman–Crippen MR) is 65.1 cm³/mol. The molecule has 0 aliphatic heterocycles. The van der Waals surface area contributed by atoms with Gasteiger partial charge in [0.25, 0.3) is 0 Å². The molecule has 17 heavy (non-hydrogen) atoms. The molecule has 5 heteroatoms. The van der Waals surface area contributed by atoms with Gasteiger partial charge in [-0.15, -0.1) is 0 Å². The molecule has 1 N–H and O–H groups in total. The summed E-state index contributed by atoms with van der Waals surface area (Å²) in [6, 6.07) is 6.84. The van der Waals surface area contributed by atoms with Crippen LogP contribution >= 0.6 is 11.6 Å². The Balaban J connectivity index is 2.29. The van der Waals surface area contributed by atoms with Crippen molar-refractivity contribution in [3.63, 3.8) is 0 Å². The highest BCUT2D eigenvalue weighted by Crippen LogP contribution is 2.36. The molecule has 0 aliphatic carbocycles. The number of phenolic OH excluding ortho intramolecular Hbond substituents is 1. The zero-order chi connectivity index (χ0) is 12.0. The van der Waals surface area contributed by atoms with Crippen LogP contribution in [0.3, 0.4) is 0 Å². The molecule has 2 heterocycles. The molecule has 0 radical (unpaired) electrons. The molecule has 86 valence electrons. The summed E-state index contributed by atoms with van der Waals surface area (Å²) in [7, 11) is 1.87. The van der Waals surface area contributed by atoms with Crippen LogP contribution in [0, 0.1) is 0 Å². The molecule has 0 saturated carbocycles. The number of nitrogens with zero attached hydrogens (tertiary/aromatic N) is 2. The fourth-order valence-electron chi connectivity index (χ4n) is 1.93. The van der Waals surface area contributed by atoms with Crippen molar-refractivity contribution in [1.82, 2.24) is 9.55 Å². The second-order valence-electron chi connectivity index (χ2n) is 3.77. The first kappa shape index (κ1) is 10.2. The van der Waals surface area contributed by atoms with E-state index in [0.717, 1.165) is 11.3 Å². The van der Waals surface area contributed by atoms with Crippen molar-refractivity contribution in [2.24, 2.45) is 7.05 Å². The molecule has 0 amide bonds. The highest BCUT2D eigenvalue weighted by atomic mass is 35.5. The molecule has 2 aromatic heterocycles. The number of halogens is 1. The van der Waals surface area contributed by atoms with E-state index >= 15 is 0 Å². The molecule has 0 spiro atoms. The summed E-state index contributed by atoms with van der Waals surface area (Å²) >= 11 is 6.26. The van der Waals surface area contributed by atoms with Crippen molar-refractivity contribution >= 4 is 22.8 Å². The van der Waals surface area contributed by atoms with Gasteiger partial charge in [-0.1, -0.05) is 11.6 Å². The first-order valence-corrected chi connectivity index (χ1v) is 5.43. The Morgan fingerprint density at radius 3 is 2.65 bits per heavy atom. The van der Waals surface area contributed by atoms with Gasteiger partial charge in [0.05, 0.1) is 5.69 Å². The molecule has 0 fully saturated rings. The number of rotatable bonds is 1. The van der Waals surface area contributed by atoms with Gasteiger partial charge in [-0.05, 0) is 24.3 Å². The van der Waals surface area contributed by atoms with Crippen molar-refractivity contribution in [2.75, 3.05) is 0 Å². The summed E-state index contributed by atoms with van der Waals surface area (Å²) in [6.45, 7) is 0. The van der Waals surface area contributed by atoms with Crippen LogP contribution in [0.5, 0.6) is 5.75 Å². The molecule has 0 unspecified atom stereocenters. The Morgan fingerprint density at radius 2 is 2.00 bits per heavy atom. The number of aryl methyl sites for hydroxylation is 1. The largest absolute Gasteiger partial charge is 0.508 e. The zero-order valence-electron chi connectivity index (χ0n) is 9.01. The lowest BCUT2D eigenvalue weighted by molar-refractivity contribution is 0.475. The Hall–Kier alpha value is -1.94. The van der Waals surface area contributed by atoms with Gasteiger partial charge in [-0.2, -0.15) is 4.98 Å². The summed E-state index contributed by atoms with van der Waals surface area (Å²) in [4.78, 5) is 4.11. The van der Waals surface area contributed by atoms with Gasteiger partial charge in [0, 0.05) is 12.6 Å². The lowest BCUT2D eigenvalue weighted by Gasteiger charge is -2.04. The van der Waals surface area contributed by atoms with Gasteiger partial charge >= 0.3 is 0 Å². The average molecular weight is 249 g/mol. The molecule has 3 aromatic rings. The second-order valence-corrected chi connectivity index (χ2v) is 4.15. The topological polar surface area (TPSA) is 51.2 Å². The smallest absolute Gasteiger partial charge is 0.192 e. The lowest BCUT2D eigenvalue weighted by Crippen LogP contribution is -1.92. The number of oxazole rings is 1. The molecule has 0 atom stereocenters. The van der Waals surface area contributed by atoms with Crippen molar-refractivity contribution in [1.29, 1.82) is 0 Å². The van der Waals surface area contributed by atoms with Crippen molar-refractivity contribution in [3.05, 3.63) is 35.7 Å². The highest BCUT2D eigenvalue weighted by Gasteiger charge is 2.18. The van der Waals surface area contributed by atoms with E-state index in [9.17, 15) is 5.11 Å². The van der Waals surface area contributed by atoms with Crippen LogP contribution in [-0.2, 0) is 7.05 Å². The maximum atomic E-state index is 9.27. The van der Waals surface area contributed by atoms with Crippen molar-refractivity contribution < 1.29 is 9.52 Å². The molecular formula is C12H9ClN2O2. The van der Waals surface area contributed by atoms with E-state index in [1.54, 1.807) is 24.3 Å². The van der Waals surface area contributed by atoms with Crippen molar-refractivity contribution in [2.45, 2.75) is 0 Å². The monoisotopic (exact) mass is 248 g/mol. The second kappa shape index (κ2) is 3.53. The minimum atomic E-state index is 0.223. The third-order valence-electron chi connectivity index (χ3n) is 2.75. The van der Waals surface area contributed by atoms with Crippen LogP contribution in [-0.4, -0.2) is 14.7 Å². The molecular weight excluding hydrogens is 240 g/mol. The molecule has 0 aliphatic rings. The maximum Gasteiger partial charge on any atom is 0.192 e. The van der Waals surface area contributed by atoms with Crippen LogP contribution in [0.15, 0.2) is 35.1 Å². The number of benzene rings is 1. The molecule has 4 nitrogen and oxygen atoms in total. The van der Waals surface area contributed by atoms with Crippen molar-refractivity contribution in [3.8, 4) is 17.0 Å². The SMILES string of the molecule is Cn1c(-c2ccc(O)cc2)c(Cl)c2ocnc21. The van der Waals surface area contributed by atoms with E-state index in [0.29, 0.717) is 16.3 Å². The number of hydrogen-bond donors (Lipinski definition) is 1. The Labute approximate surface area is 102 Å². The van der Waals surface area contributed by atoms with E-state index in [-0.39, 0.29) is 5.75 Å². The van der Waals surface area contributed by atoms with Crippen LogP contribution in [0.2, 0.25) is 5.02 Å². The van der Waals surface area contributed by atoms with Crippen LogP contribution in [0.1, 0.15) is 0 Å². The highest BCUT2D eigenvalue weighted by molar-refractivity contribution is 6.37. The summed E-state index contributed by atoms with van der Waals surface area (Å²) in [6.07, 6.45) is 1.37. The Kier molecular flexibility index (Phi) is 2.12. The quantitative estimate of drug-likeness (QED) is 0.720. The van der Waals surface area contributed by atoms with E-state index in [1.807, 2.05) is 11.6 Å². The van der Waals surface area contributed by atoms with Crippen LogP contribution in [0.4, 0.5) is 0 Å². The van der Waals surface area contributed by atoms with Crippen LogP contribution < -0.4 is 0 Å². The number of hydrogen-bond acceptors (Lipinski definition) is 3. The predicted octanol–water partition coefficient (Wildman–Crippen LogP) is 3.19. The minimum Gasteiger partial charge on any atom is -0.508 e. The summed E-state index contributed by atoms with van der Waals surface area (Å²) in [5, 5.41) is 9.80. The molecule has 0 saturated heterocycles. The standard InChI is InChI=1S/C12H9ClN2O2/c1-15-10(7-2-4-8(16)5-3-7)9(13)11-12(15)14-6-17-11/h2-6,16H,1H3. The molecule has 0 bridgehead atoms. The fraction of sp³-hybridized carbons (Fsp3) is 0.0833. The van der Waals surface area contributed by atoms with Gasteiger partial charge < -0.3 is 14.1 Å². The molecule has 1 aromatic carbocycles. The number of fused-ring (bicyclic) bond motifs is 1. The fourth-order valence-corrected chi connectivity index (χ4v) is 2.29. The third kappa shape index (κ3) is 1.41. The average Bonchev–Trinajstić information content (AvgIpc) is 2.87. The Morgan fingerprint density at radius 1 is 1.29 bits per heavy atom.